The number of rotatable bonds is 8. The van der Waals surface area contributed by atoms with E-state index in [2.05, 4.69) is 5.32 Å². The largest absolute Gasteiger partial charge is 0.463 e. The van der Waals surface area contributed by atoms with E-state index < -0.39 is 11.5 Å². The molecule has 2 N–H and O–H groups in total. The number of carbonyl (C=O) groups excluding carboxylic acids is 3. The highest BCUT2D eigenvalue weighted by Gasteiger charge is 2.31. The Morgan fingerprint density at radius 1 is 1.00 bits per heavy atom. The Kier molecular flexibility index (Phi) is 11.7. The number of nitrogens with one attached hydrogen (secondary N) is 1. The second-order valence-corrected chi connectivity index (χ2v) is 10.9. The molecule has 7 heteroatoms. The van der Waals surface area contributed by atoms with Gasteiger partial charge in [0.2, 0.25) is 11.8 Å². The minimum Gasteiger partial charge on any atom is -0.463 e. The topological polar surface area (TPSA) is 95.9 Å². The van der Waals surface area contributed by atoms with E-state index in [4.69, 9.17) is 4.74 Å². The number of benzene rings is 2. The molecule has 2 aromatic carbocycles. The molecule has 0 spiro atoms. The predicted molar refractivity (Wildman–Crippen MR) is 151 cm³/mol. The monoisotopic (exact) mass is 534 g/mol. The summed E-state index contributed by atoms with van der Waals surface area (Å²) in [6.45, 7) is 4.10. The summed E-state index contributed by atoms with van der Waals surface area (Å²) in [7, 11) is 0. The first-order chi connectivity index (χ1) is 18.8. The molecule has 2 amide bonds. The molecule has 1 heterocycles. The van der Waals surface area contributed by atoms with Crippen molar-refractivity contribution >= 4 is 17.8 Å². The number of hydrogen-bond acceptors (Lipinski definition) is 5. The molecular formula is C32H42N2O5. The van der Waals surface area contributed by atoms with Crippen LogP contribution in [0.2, 0.25) is 0 Å². The number of esters is 1. The van der Waals surface area contributed by atoms with Gasteiger partial charge in [-0.15, -0.1) is 0 Å². The van der Waals surface area contributed by atoms with Gasteiger partial charge in [0, 0.05) is 19.5 Å². The Bertz CT molecular complexity index is 1080. The van der Waals surface area contributed by atoms with Crippen molar-refractivity contribution in [2.24, 2.45) is 11.8 Å². The first-order valence-electron chi connectivity index (χ1n) is 13.9. The number of carbonyl (C=O) groups is 3. The number of amides is 2. The maximum Gasteiger partial charge on any atom is 0.309 e. The van der Waals surface area contributed by atoms with Crippen LogP contribution in [0.5, 0.6) is 0 Å². The van der Waals surface area contributed by atoms with Crippen LogP contribution in [-0.4, -0.2) is 53.1 Å². The highest BCUT2D eigenvalue weighted by Crippen LogP contribution is 2.21. The molecule has 1 aliphatic heterocycles. The minimum absolute atomic E-state index is 0.0258. The molecule has 210 valence electrons. The van der Waals surface area contributed by atoms with Crippen molar-refractivity contribution in [3.63, 3.8) is 0 Å². The van der Waals surface area contributed by atoms with Crippen molar-refractivity contribution in [3.8, 4) is 0 Å². The molecule has 39 heavy (non-hydrogen) atoms. The Morgan fingerprint density at radius 2 is 1.67 bits per heavy atom. The number of hydrogen-bond donors (Lipinski definition) is 2. The van der Waals surface area contributed by atoms with E-state index in [1.165, 1.54) is 0 Å². The molecule has 2 atom stereocenters. The summed E-state index contributed by atoms with van der Waals surface area (Å²) in [4.78, 5) is 41.2. The Hall–Kier alpha value is -3.45. The fourth-order valence-corrected chi connectivity index (χ4v) is 4.74. The van der Waals surface area contributed by atoms with Crippen LogP contribution in [0.3, 0.4) is 0 Å². The lowest BCUT2D eigenvalue weighted by atomic mass is 9.93. The van der Waals surface area contributed by atoms with Crippen LogP contribution in [0.4, 0.5) is 0 Å². The normalized spacial score (nSPS) is 20.4. The van der Waals surface area contributed by atoms with Crippen molar-refractivity contribution in [3.05, 3.63) is 83.9 Å². The van der Waals surface area contributed by atoms with E-state index >= 15 is 0 Å². The standard InChI is InChI=1S/C32H42N2O5/c1-32(2)24-39-31(38)28(21-25-13-7-5-8-14-25)18-12-4-3-11-17-27(30(37)33-32)22-29(36)34(19-20-35)23-26-15-9-6-10-16-26/h3,5-11,13-16,27-28,35H,4,12,17-24H2,1-2H3,(H,33,37). The number of aliphatic hydroxyl groups is 1. The summed E-state index contributed by atoms with van der Waals surface area (Å²) in [6, 6.07) is 19.5. The molecular weight excluding hydrogens is 492 g/mol. The molecule has 2 aromatic rings. The molecule has 1 aliphatic rings. The summed E-state index contributed by atoms with van der Waals surface area (Å²) in [5, 5.41) is 12.5. The van der Waals surface area contributed by atoms with Gasteiger partial charge in [-0.25, -0.2) is 0 Å². The van der Waals surface area contributed by atoms with Gasteiger partial charge in [0.1, 0.15) is 6.61 Å². The van der Waals surface area contributed by atoms with Crippen molar-refractivity contribution < 1.29 is 24.2 Å². The lowest BCUT2D eigenvalue weighted by Crippen LogP contribution is -2.50. The van der Waals surface area contributed by atoms with E-state index in [0.717, 1.165) is 24.0 Å². The van der Waals surface area contributed by atoms with Crippen LogP contribution in [0, 0.1) is 11.8 Å². The molecule has 0 saturated heterocycles. The number of aliphatic hydroxyl groups excluding tert-OH is 1. The van der Waals surface area contributed by atoms with Crippen molar-refractivity contribution in [1.29, 1.82) is 0 Å². The van der Waals surface area contributed by atoms with E-state index in [1.54, 1.807) is 4.90 Å². The number of ether oxygens (including phenoxy) is 1. The average molecular weight is 535 g/mol. The predicted octanol–water partition coefficient (Wildman–Crippen LogP) is 4.44. The van der Waals surface area contributed by atoms with Gasteiger partial charge in [0.15, 0.2) is 0 Å². The summed E-state index contributed by atoms with van der Waals surface area (Å²) >= 11 is 0. The van der Waals surface area contributed by atoms with E-state index in [0.29, 0.717) is 25.8 Å². The van der Waals surface area contributed by atoms with Crippen LogP contribution in [0.15, 0.2) is 72.8 Å². The first-order valence-corrected chi connectivity index (χ1v) is 13.9. The maximum atomic E-state index is 13.4. The molecule has 2 unspecified atom stereocenters. The van der Waals surface area contributed by atoms with Gasteiger partial charge in [0.25, 0.3) is 0 Å². The molecule has 0 aliphatic carbocycles. The maximum absolute atomic E-state index is 13.4. The third-order valence-corrected chi connectivity index (χ3v) is 6.94. The molecule has 0 saturated carbocycles. The third-order valence-electron chi connectivity index (χ3n) is 6.94. The van der Waals surface area contributed by atoms with Gasteiger partial charge in [-0.2, -0.15) is 0 Å². The summed E-state index contributed by atoms with van der Waals surface area (Å²) in [5.41, 5.74) is 1.26. The van der Waals surface area contributed by atoms with Crippen molar-refractivity contribution in [2.75, 3.05) is 19.8 Å². The fraction of sp³-hybridized carbons (Fsp3) is 0.469. The average Bonchev–Trinajstić information content (AvgIpc) is 2.92. The Labute approximate surface area is 232 Å². The zero-order chi connectivity index (χ0) is 28.1. The van der Waals surface area contributed by atoms with E-state index in [-0.39, 0.29) is 49.9 Å². The lowest BCUT2D eigenvalue weighted by Gasteiger charge is -2.30. The van der Waals surface area contributed by atoms with Crippen LogP contribution >= 0.6 is 0 Å². The van der Waals surface area contributed by atoms with Crippen molar-refractivity contribution in [1.82, 2.24) is 10.2 Å². The molecule has 7 nitrogen and oxygen atoms in total. The summed E-state index contributed by atoms with van der Waals surface area (Å²) in [5.74, 6) is -1.52. The van der Waals surface area contributed by atoms with Crippen LogP contribution in [-0.2, 0) is 32.1 Å². The van der Waals surface area contributed by atoms with Gasteiger partial charge < -0.3 is 20.1 Å². The SMILES string of the molecule is CC1(C)COC(=O)C(Cc2ccccc2)CCCC=CCC(CC(=O)N(CCO)Cc2ccccc2)C(=O)N1. The van der Waals surface area contributed by atoms with Gasteiger partial charge in [-0.3, -0.25) is 14.4 Å². The summed E-state index contributed by atoms with van der Waals surface area (Å²) < 4.78 is 5.71. The zero-order valence-corrected chi connectivity index (χ0v) is 23.2. The molecule has 0 bridgehead atoms. The summed E-state index contributed by atoms with van der Waals surface area (Å²) in [6.07, 6.45) is 7.38. The molecule has 0 radical (unpaired) electrons. The number of allylic oxidation sites excluding steroid dienone is 2. The molecule has 0 fully saturated rings. The second-order valence-electron chi connectivity index (χ2n) is 10.9. The van der Waals surface area contributed by atoms with Crippen LogP contribution in [0.1, 0.15) is 57.1 Å². The third kappa shape index (κ3) is 10.3. The number of cyclic esters (lactones) is 1. The lowest BCUT2D eigenvalue weighted by molar-refractivity contribution is -0.151. The van der Waals surface area contributed by atoms with Gasteiger partial charge in [-0.05, 0) is 57.1 Å². The van der Waals surface area contributed by atoms with Crippen LogP contribution in [0.25, 0.3) is 0 Å². The Morgan fingerprint density at radius 3 is 2.33 bits per heavy atom. The van der Waals surface area contributed by atoms with Crippen LogP contribution < -0.4 is 5.32 Å². The fourth-order valence-electron chi connectivity index (χ4n) is 4.74. The first kappa shape index (κ1) is 30.1. The van der Waals surface area contributed by atoms with Gasteiger partial charge >= 0.3 is 5.97 Å². The second kappa shape index (κ2) is 15.2. The smallest absolute Gasteiger partial charge is 0.309 e. The minimum atomic E-state index is -0.798. The zero-order valence-electron chi connectivity index (χ0n) is 23.2. The molecule has 0 aromatic heterocycles. The van der Waals surface area contributed by atoms with Gasteiger partial charge in [0.05, 0.1) is 24.0 Å². The van der Waals surface area contributed by atoms with E-state index in [1.807, 2.05) is 86.7 Å². The highest BCUT2D eigenvalue weighted by molar-refractivity contribution is 5.86. The quantitative estimate of drug-likeness (QED) is 0.386. The number of nitrogens with zero attached hydrogens (tertiary/aromatic N) is 1. The molecule has 3 rings (SSSR count). The van der Waals surface area contributed by atoms with Gasteiger partial charge in [-0.1, -0.05) is 72.8 Å². The van der Waals surface area contributed by atoms with E-state index in [9.17, 15) is 19.5 Å². The Balaban J connectivity index is 1.70. The van der Waals surface area contributed by atoms with Crippen molar-refractivity contribution in [2.45, 2.75) is 64.5 Å². The highest BCUT2D eigenvalue weighted by atomic mass is 16.5.